The molecular weight excluding hydrogens is 542 g/mol. The van der Waals surface area contributed by atoms with Crippen molar-refractivity contribution in [3.05, 3.63) is 100.0 Å². The van der Waals surface area contributed by atoms with E-state index in [4.69, 9.17) is 14.5 Å². The van der Waals surface area contributed by atoms with Crippen molar-refractivity contribution in [3.63, 3.8) is 0 Å². The number of aromatic nitrogens is 1. The molecule has 2 unspecified atom stereocenters. The van der Waals surface area contributed by atoms with Gasteiger partial charge in [-0.15, -0.1) is 0 Å². The molecule has 2 aromatic rings. The van der Waals surface area contributed by atoms with E-state index in [0.717, 1.165) is 71.0 Å². The number of carbonyl (C=O) groups is 2. The maximum Gasteiger partial charge on any atom is 0.411 e. The zero-order valence-electron chi connectivity index (χ0n) is 25.2. The van der Waals surface area contributed by atoms with Gasteiger partial charge in [0.2, 0.25) is 0 Å². The number of nitrogens with zero attached hydrogens (tertiary/aromatic N) is 3. The highest BCUT2D eigenvalue weighted by atomic mass is 16.6. The molecule has 224 valence electrons. The van der Waals surface area contributed by atoms with Crippen LogP contribution in [0.25, 0.3) is 5.57 Å². The highest BCUT2D eigenvalue weighted by molar-refractivity contribution is 5.90. The number of ether oxygens (including phenoxy) is 2. The standard InChI is InChI=1S/C35H39N3O5/c1-21-7-5-8-25(17-21)33-23(3)38(35(41)43-33)20-30-28(12-14-32(36-30)37-15-6-16-37)29-19-24(10-13-31(29)42-4)27-11-9-26(34(39)40)18-22(27)2/h5,7-9,12-14,17-19,23-24,27,33H,6,10-11,15-16,20H2,1-4H3,(H,39,40)/t23-,24?,27?,33-/m0/s1. The van der Waals surface area contributed by atoms with Gasteiger partial charge >= 0.3 is 12.1 Å². The number of anilines is 1. The lowest BCUT2D eigenvalue weighted by molar-refractivity contribution is -0.132. The molecule has 1 amide bonds. The molecule has 3 heterocycles. The summed E-state index contributed by atoms with van der Waals surface area (Å²) in [5.41, 5.74) is 6.22. The largest absolute Gasteiger partial charge is 0.496 e. The minimum atomic E-state index is -0.892. The van der Waals surface area contributed by atoms with Crippen molar-refractivity contribution in [1.29, 1.82) is 0 Å². The van der Waals surface area contributed by atoms with Crippen molar-refractivity contribution < 1.29 is 24.2 Å². The lowest BCUT2D eigenvalue weighted by atomic mass is 9.75. The Bertz CT molecular complexity index is 1570. The molecule has 8 nitrogen and oxygen atoms in total. The summed E-state index contributed by atoms with van der Waals surface area (Å²) in [6.45, 7) is 8.34. The molecule has 0 spiro atoms. The number of allylic oxidation sites excluding steroid dienone is 5. The van der Waals surface area contributed by atoms with Gasteiger partial charge in [-0.3, -0.25) is 4.90 Å². The third-order valence-electron chi connectivity index (χ3n) is 9.28. The van der Waals surface area contributed by atoms with Crippen LogP contribution in [0.5, 0.6) is 0 Å². The summed E-state index contributed by atoms with van der Waals surface area (Å²) in [6.07, 6.45) is 9.90. The molecule has 2 aliphatic heterocycles. The molecule has 2 saturated heterocycles. The van der Waals surface area contributed by atoms with Gasteiger partial charge in [-0.25, -0.2) is 14.6 Å². The van der Waals surface area contributed by atoms with Crippen LogP contribution in [0.2, 0.25) is 0 Å². The third-order valence-corrected chi connectivity index (χ3v) is 9.28. The summed E-state index contributed by atoms with van der Waals surface area (Å²) in [5, 5.41) is 9.47. The topological polar surface area (TPSA) is 92.2 Å². The first kappa shape index (κ1) is 28.8. The summed E-state index contributed by atoms with van der Waals surface area (Å²) < 4.78 is 11.8. The van der Waals surface area contributed by atoms with Gasteiger partial charge in [0.25, 0.3) is 0 Å². The summed E-state index contributed by atoms with van der Waals surface area (Å²) in [6, 6.07) is 12.1. The Balaban J connectivity index is 1.34. The molecule has 4 aliphatic rings. The number of pyridine rings is 1. The Morgan fingerprint density at radius 3 is 2.63 bits per heavy atom. The average molecular weight is 582 g/mol. The van der Waals surface area contributed by atoms with Gasteiger partial charge in [-0.2, -0.15) is 0 Å². The van der Waals surface area contributed by atoms with E-state index >= 15 is 0 Å². The number of aryl methyl sites for hydroxylation is 1. The minimum Gasteiger partial charge on any atom is -0.496 e. The van der Waals surface area contributed by atoms with Crippen LogP contribution in [0.1, 0.15) is 61.6 Å². The van der Waals surface area contributed by atoms with Crippen LogP contribution in [-0.4, -0.2) is 53.3 Å². The minimum absolute atomic E-state index is 0.168. The van der Waals surface area contributed by atoms with Crippen LogP contribution in [-0.2, 0) is 20.8 Å². The van der Waals surface area contributed by atoms with Crippen LogP contribution in [0.3, 0.4) is 0 Å². The zero-order valence-corrected chi connectivity index (χ0v) is 25.2. The van der Waals surface area contributed by atoms with E-state index in [1.165, 1.54) is 0 Å². The van der Waals surface area contributed by atoms with E-state index in [2.05, 4.69) is 35.3 Å². The SMILES string of the molecule is COC1=CCC(C2CC=C(C(=O)O)C=C2C)C=C1c1ccc(N2CCC2)nc1CN1C(=O)O[C@H](c2cccc(C)c2)[C@@H]1C. The molecule has 1 aromatic heterocycles. The maximum absolute atomic E-state index is 13.3. The van der Waals surface area contributed by atoms with Crippen molar-refractivity contribution in [2.24, 2.45) is 11.8 Å². The van der Waals surface area contributed by atoms with Crippen LogP contribution in [0.4, 0.5) is 10.6 Å². The van der Waals surface area contributed by atoms with Crippen LogP contribution < -0.4 is 4.90 Å². The molecule has 43 heavy (non-hydrogen) atoms. The zero-order chi connectivity index (χ0) is 30.2. The Hall–Kier alpha value is -4.33. The number of carbonyl (C=O) groups excluding carboxylic acids is 1. The summed E-state index contributed by atoms with van der Waals surface area (Å²) in [5.74, 6) is 1.16. The molecule has 0 radical (unpaired) electrons. The van der Waals surface area contributed by atoms with Gasteiger partial charge in [-0.05, 0) is 81.7 Å². The van der Waals surface area contributed by atoms with E-state index in [1.54, 1.807) is 18.1 Å². The van der Waals surface area contributed by atoms with E-state index in [0.29, 0.717) is 18.5 Å². The molecule has 2 fully saturated rings. The Labute approximate surface area is 253 Å². The van der Waals surface area contributed by atoms with Crippen molar-refractivity contribution in [3.8, 4) is 0 Å². The van der Waals surface area contributed by atoms with E-state index in [1.807, 2.05) is 45.0 Å². The molecule has 2 aliphatic carbocycles. The van der Waals surface area contributed by atoms with E-state index < -0.39 is 5.97 Å². The predicted molar refractivity (Wildman–Crippen MR) is 165 cm³/mol. The Kier molecular flexibility index (Phi) is 7.86. The molecule has 6 rings (SSSR count). The molecule has 4 atom stereocenters. The number of aliphatic carboxylic acids is 1. The number of carboxylic acid groups (broad SMARTS) is 1. The van der Waals surface area contributed by atoms with Gasteiger partial charge < -0.3 is 19.5 Å². The van der Waals surface area contributed by atoms with Gasteiger partial charge in [0.05, 0.1) is 31.0 Å². The first-order chi connectivity index (χ1) is 20.7. The molecule has 0 bridgehead atoms. The van der Waals surface area contributed by atoms with Gasteiger partial charge in [-0.1, -0.05) is 47.6 Å². The predicted octanol–water partition coefficient (Wildman–Crippen LogP) is 6.59. The number of methoxy groups -OCH3 is 1. The Morgan fingerprint density at radius 1 is 1.14 bits per heavy atom. The second-order valence-electron chi connectivity index (χ2n) is 12.0. The average Bonchev–Trinajstić information content (AvgIpc) is 3.24. The smallest absolute Gasteiger partial charge is 0.411 e. The highest BCUT2D eigenvalue weighted by Crippen LogP contribution is 2.42. The van der Waals surface area contributed by atoms with E-state index in [9.17, 15) is 14.7 Å². The van der Waals surface area contributed by atoms with Crippen LogP contribution in [0, 0.1) is 18.8 Å². The van der Waals surface area contributed by atoms with Crippen molar-refractivity contribution in [1.82, 2.24) is 9.88 Å². The number of rotatable bonds is 8. The van der Waals surface area contributed by atoms with Crippen LogP contribution in [0.15, 0.2) is 77.6 Å². The van der Waals surface area contributed by atoms with Crippen molar-refractivity contribution in [2.45, 2.75) is 58.7 Å². The van der Waals surface area contributed by atoms with Gasteiger partial charge in [0.15, 0.2) is 0 Å². The Morgan fingerprint density at radius 2 is 1.95 bits per heavy atom. The van der Waals surface area contributed by atoms with Gasteiger partial charge in [0, 0.05) is 24.2 Å². The lowest BCUT2D eigenvalue weighted by Crippen LogP contribution is -2.38. The van der Waals surface area contributed by atoms with E-state index in [-0.39, 0.29) is 30.1 Å². The molecule has 0 saturated carbocycles. The first-order valence-corrected chi connectivity index (χ1v) is 15.1. The fourth-order valence-electron chi connectivity index (χ4n) is 6.67. The quantitative estimate of drug-likeness (QED) is 0.376. The molecule has 8 heteroatoms. The van der Waals surface area contributed by atoms with Crippen molar-refractivity contribution in [2.75, 3.05) is 25.1 Å². The number of cyclic esters (lactones) is 1. The fourth-order valence-corrected chi connectivity index (χ4v) is 6.67. The number of hydrogen-bond acceptors (Lipinski definition) is 6. The normalized spacial score (nSPS) is 25.3. The monoisotopic (exact) mass is 581 g/mol. The number of carboxylic acids is 1. The first-order valence-electron chi connectivity index (χ1n) is 15.1. The summed E-state index contributed by atoms with van der Waals surface area (Å²) in [7, 11) is 1.68. The maximum atomic E-state index is 13.3. The van der Waals surface area contributed by atoms with Crippen molar-refractivity contribution >= 4 is 23.5 Å². The summed E-state index contributed by atoms with van der Waals surface area (Å²) in [4.78, 5) is 34.0. The second kappa shape index (κ2) is 11.7. The third kappa shape index (κ3) is 5.58. The second-order valence-corrected chi connectivity index (χ2v) is 12.0. The highest BCUT2D eigenvalue weighted by Gasteiger charge is 2.40. The molecule has 1 N–H and O–H groups in total. The molecule has 1 aromatic carbocycles. The number of benzene rings is 1. The van der Waals surface area contributed by atoms with Gasteiger partial charge in [0.1, 0.15) is 17.7 Å². The number of amides is 1. The van der Waals surface area contributed by atoms with Crippen LogP contribution >= 0.6 is 0 Å². The lowest BCUT2D eigenvalue weighted by Gasteiger charge is -2.33. The fraction of sp³-hybridized carbons (Fsp3) is 0.400. The number of hydrogen-bond donors (Lipinski definition) is 1. The molecular formula is C35H39N3O5. The summed E-state index contributed by atoms with van der Waals surface area (Å²) >= 11 is 0.